The summed E-state index contributed by atoms with van der Waals surface area (Å²) < 4.78 is 0. The van der Waals surface area contributed by atoms with Gasteiger partial charge in [0.15, 0.2) is 11.5 Å². The molecule has 1 aliphatic rings. The van der Waals surface area contributed by atoms with Gasteiger partial charge in [-0.25, -0.2) is 0 Å². The van der Waals surface area contributed by atoms with E-state index in [0.717, 1.165) is 5.57 Å². The summed E-state index contributed by atoms with van der Waals surface area (Å²) in [6.07, 6.45) is 3.50. The predicted molar refractivity (Wildman–Crippen MR) is 50.4 cm³/mol. The third-order valence-corrected chi connectivity index (χ3v) is 1.99. The number of hydrogen-bond acceptors (Lipinski definition) is 3. The van der Waals surface area contributed by atoms with Crippen molar-refractivity contribution in [2.24, 2.45) is 5.92 Å². The van der Waals surface area contributed by atoms with Gasteiger partial charge in [-0.2, -0.15) is 0 Å². The van der Waals surface area contributed by atoms with Crippen molar-refractivity contribution in [3.63, 3.8) is 0 Å². The zero-order valence-corrected chi connectivity index (χ0v) is 7.73. The number of allylic oxidation sites excluding steroid dienone is 3. The molecule has 0 aromatic heterocycles. The van der Waals surface area contributed by atoms with Crippen molar-refractivity contribution in [3.8, 4) is 0 Å². The van der Waals surface area contributed by atoms with Crippen LogP contribution in [0.25, 0.3) is 0 Å². The summed E-state index contributed by atoms with van der Waals surface area (Å²) in [4.78, 5) is 0. The number of hydrogen-bond donors (Lipinski definition) is 3. The third kappa shape index (κ3) is 2.12. The van der Waals surface area contributed by atoms with Gasteiger partial charge in [0.25, 0.3) is 0 Å². The van der Waals surface area contributed by atoms with Crippen LogP contribution in [0.4, 0.5) is 0 Å². The van der Waals surface area contributed by atoms with Gasteiger partial charge in [0.2, 0.25) is 0 Å². The maximum Gasteiger partial charge on any atom is 0.167 e. The van der Waals surface area contributed by atoms with E-state index in [1.54, 1.807) is 6.08 Å². The highest BCUT2D eigenvalue weighted by molar-refractivity contribution is 5.34. The third-order valence-electron chi connectivity index (χ3n) is 1.99. The number of rotatable bonds is 1. The molecule has 0 aromatic rings. The summed E-state index contributed by atoms with van der Waals surface area (Å²) in [6.45, 7) is 3.95. The van der Waals surface area contributed by atoms with Gasteiger partial charge in [0.1, 0.15) is 6.10 Å². The van der Waals surface area contributed by atoms with E-state index in [1.165, 1.54) is 12.2 Å². The van der Waals surface area contributed by atoms with E-state index in [2.05, 4.69) is 0 Å². The molecule has 0 heterocycles. The predicted octanol–water partition coefficient (Wildman–Crippen LogP) is 1.83. The molecule has 0 saturated heterocycles. The topological polar surface area (TPSA) is 60.7 Å². The smallest absolute Gasteiger partial charge is 0.167 e. The molecular formula is C10H14O3. The van der Waals surface area contributed by atoms with E-state index >= 15 is 0 Å². The van der Waals surface area contributed by atoms with Crippen molar-refractivity contribution in [2.75, 3.05) is 0 Å². The Labute approximate surface area is 77.3 Å². The summed E-state index contributed by atoms with van der Waals surface area (Å²) in [5.74, 6) is -0.420. The maximum absolute atomic E-state index is 9.36. The number of aliphatic hydroxyl groups excluding tert-OH is 3. The normalized spacial score (nSPS) is 23.4. The molecular weight excluding hydrogens is 168 g/mol. The first-order valence-corrected chi connectivity index (χ1v) is 4.22. The molecule has 0 aliphatic heterocycles. The van der Waals surface area contributed by atoms with Gasteiger partial charge in [-0.15, -0.1) is 0 Å². The lowest BCUT2D eigenvalue weighted by atomic mass is 10.0. The average molecular weight is 182 g/mol. The minimum Gasteiger partial charge on any atom is -0.506 e. The van der Waals surface area contributed by atoms with E-state index < -0.39 is 11.9 Å². The lowest BCUT2D eigenvalue weighted by Gasteiger charge is -2.07. The van der Waals surface area contributed by atoms with Crippen LogP contribution in [0.15, 0.2) is 35.3 Å². The highest BCUT2D eigenvalue weighted by Gasteiger charge is 2.15. The Kier molecular flexibility index (Phi) is 2.78. The van der Waals surface area contributed by atoms with Crippen molar-refractivity contribution in [1.82, 2.24) is 0 Å². The van der Waals surface area contributed by atoms with Gasteiger partial charge in [0.05, 0.1) is 0 Å². The lowest BCUT2D eigenvalue weighted by Crippen LogP contribution is -2.09. The van der Waals surface area contributed by atoms with E-state index in [0.29, 0.717) is 0 Å². The second-order valence-corrected chi connectivity index (χ2v) is 3.37. The van der Waals surface area contributed by atoms with Crippen molar-refractivity contribution in [1.29, 1.82) is 0 Å². The van der Waals surface area contributed by atoms with E-state index in [1.807, 2.05) is 13.8 Å². The summed E-state index contributed by atoms with van der Waals surface area (Å²) in [6, 6.07) is 0. The zero-order chi connectivity index (χ0) is 10.0. The quantitative estimate of drug-likeness (QED) is 0.579. The molecule has 0 radical (unpaired) electrons. The summed E-state index contributed by atoms with van der Waals surface area (Å²) in [5, 5.41) is 27.7. The lowest BCUT2D eigenvalue weighted by molar-refractivity contribution is 0.178. The van der Waals surface area contributed by atoms with Crippen LogP contribution in [0, 0.1) is 5.92 Å². The second kappa shape index (κ2) is 3.66. The molecule has 1 atom stereocenters. The van der Waals surface area contributed by atoms with E-state index in [4.69, 9.17) is 0 Å². The summed E-state index contributed by atoms with van der Waals surface area (Å²) in [5.41, 5.74) is 0.892. The van der Waals surface area contributed by atoms with E-state index in [9.17, 15) is 15.3 Å². The molecule has 3 nitrogen and oxygen atoms in total. The van der Waals surface area contributed by atoms with Crippen LogP contribution in [0.1, 0.15) is 13.8 Å². The molecule has 0 fully saturated rings. The minimum atomic E-state index is -1.10. The molecule has 0 spiro atoms. The Morgan fingerprint density at radius 1 is 1.23 bits per heavy atom. The first kappa shape index (κ1) is 9.86. The Morgan fingerprint density at radius 2 is 1.85 bits per heavy atom. The van der Waals surface area contributed by atoms with Crippen LogP contribution in [-0.2, 0) is 0 Å². The van der Waals surface area contributed by atoms with Crippen LogP contribution in [0.2, 0.25) is 0 Å². The fraction of sp³-hybridized carbons (Fsp3) is 0.400. The average Bonchev–Trinajstić information content (AvgIpc) is 2.19. The van der Waals surface area contributed by atoms with Crippen LogP contribution in [-0.4, -0.2) is 21.4 Å². The summed E-state index contributed by atoms with van der Waals surface area (Å²) >= 11 is 0. The molecule has 0 saturated carbocycles. The van der Waals surface area contributed by atoms with Crippen molar-refractivity contribution < 1.29 is 15.3 Å². The fourth-order valence-corrected chi connectivity index (χ4v) is 1.11. The molecule has 13 heavy (non-hydrogen) atoms. The Hall–Kier alpha value is -1.22. The van der Waals surface area contributed by atoms with Crippen LogP contribution >= 0.6 is 0 Å². The minimum absolute atomic E-state index is 0.254. The zero-order valence-electron chi connectivity index (χ0n) is 7.73. The number of aliphatic hydroxyl groups is 3. The largest absolute Gasteiger partial charge is 0.506 e. The van der Waals surface area contributed by atoms with Crippen molar-refractivity contribution in [3.05, 3.63) is 35.3 Å². The SMILES string of the molecule is CC(C)C1=CC(O)C(O)=C(O)C=C1. The van der Waals surface area contributed by atoms with E-state index in [-0.39, 0.29) is 11.7 Å². The first-order valence-electron chi connectivity index (χ1n) is 4.22. The molecule has 0 bridgehead atoms. The van der Waals surface area contributed by atoms with Crippen LogP contribution < -0.4 is 0 Å². The maximum atomic E-state index is 9.36. The van der Waals surface area contributed by atoms with Gasteiger partial charge >= 0.3 is 0 Å². The highest BCUT2D eigenvalue weighted by atomic mass is 16.3. The van der Waals surface area contributed by atoms with Gasteiger partial charge in [-0.05, 0) is 23.6 Å². The Morgan fingerprint density at radius 3 is 2.38 bits per heavy atom. The Bertz CT molecular complexity index is 285. The van der Waals surface area contributed by atoms with Gasteiger partial charge in [0, 0.05) is 0 Å². The Balaban J connectivity index is 3.00. The van der Waals surface area contributed by atoms with Crippen molar-refractivity contribution in [2.45, 2.75) is 20.0 Å². The molecule has 1 aliphatic carbocycles. The molecule has 0 aromatic carbocycles. The van der Waals surface area contributed by atoms with Crippen molar-refractivity contribution >= 4 is 0 Å². The first-order chi connectivity index (χ1) is 6.02. The molecule has 0 amide bonds. The van der Waals surface area contributed by atoms with Gasteiger partial charge in [-0.1, -0.05) is 19.9 Å². The monoisotopic (exact) mass is 182 g/mol. The molecule has 1 unspecified atom stereocenters. The molecule has 3 N–H and O–H groups in total. The van der Waals surface area contributed by atoms with Crippen LogP contribution in [0.5, 0.6) is 0 Å². The highest BCUT2D eigenvalue weighted by Crippen LogP contribution is 2.19. The standard InChI is InChI=1S/C10H14O3/c1-6(2)7-3-4-8(11)10(13)9(12)5-7/h3-6,9,11-13H,1-2H3. The second-order valence-electron chi connectivity index (χ2n) is 3.37. The molecule has 1 rings (SSSR count). The fourth-order valence-electron chi connectivity index (χ4n) is 1.11. The molecule has 3 heteroatoms. The van der Waals surface area contributed by atoms with Gasteiger partial charge in [-0.3, -0.25) is 0 Å². The van der Waals surface area contributed by atoms with Crippen LogP contribution in [0.3, 0.4) is 0 Å². The van der Waals surface area contributed by atoms with Gasteiger partial charge < -0.3 is 15.3 Å². The molecule has 72 valence electrons. The summed E-state index contributed by atoms with van der Waals surface area (Å²) in [7, 11) is 0.